The Kier molecular flexibility index (Phi) is 4.26. The van der Waals surface area contributed by atoms with Crippen LogP contribution in [0.25, 0.3) is 0 Å². The predicted octanol–water partition coefficient (Wildman–Crippen LogP) is 3.11. The van der Waals surface area contributed by atoms with Crippen molar-refractivity contribution < 1.29 is 4.74 Å². The van der Waals surface area contributed by atoms with Crippen LogP contribution in [0, 0.1) is 5.41 Å². The lowest BCUT2D eigenvalue weighted by molar-refractivity contribution is -0.172. The fourth-order valence-electron chi connectivity index (χ4n) is 3.38. The van der Waals surface area contributed by atoms with Crippen LogP contribution < -0.4 is 5.32 Å². The molecule has 2 fully saturated rings. The summed E-state index contributed by atoms with van der Waals surface area (Å²) in [6.45, 7) is 6.48. The van der Waals surface area contributed by atoms with Crippen molar-refractivity contribution in [3.05, 3.63) is 0 Å². The van der Waals surface area contributed by atoms with E-state index in [9.17, 15) is 0 Å². The van der Waals surface area contributed by atoms with E-state index in [1.54, 1.807) is 0 Å². The van der Waals surface area contributed by atoms with E-state index in [1.807, 2.05) is 0 Å². The molecule has 1 N–H and O–H groups in total. The van der Waals surface area contributed by atoms with Gasteiger partial charge in [-0.1, -0.05) is 26.2 Å². The number of rotatable bonds is 7. The third kappa shape index (κ3) is 2.14. The molecule has 2 aliphatic carbocycles. The molecular weight excluding hydrogens is 198 g/mol. The van der Waals surface area contributed by atoms with Gasteiger partial charge in [0.1, 0.15) is 0 Å². The minimum atomic E-state index is 0.544. The van der Waals surface area contributed by atoms with Crippen molar-refractivity contribution in [3.63, 3.8) is 0 Å². The molecule has 2 unspecified atom stereocenters. The summed E-state index contributed by atoms with van der Waals surface area (Å²) in [5, 5.41) is 3.76. The van der Waals surface area contributed by atoms with Crippen molar-refractivity contribution in [2.45, 2.75) is 70.9 Å². The highest BCUT2D eigenvalue weighted by Crippen LogP contribution is 2.57. The normalized spacial score (nSPS) is 31.1. The van der Waals surface area contributed by atoms with Crippen LogP contribution in [0.3, 0.4) is 0 Å². The van der Waals surface area contributed by atoms with Gasteiger partial charge >= 0.3 is 0 Å². The van der Waals surface area contributed by atoms with Gasteiger partial charge in [0.25, 0.3) is 0 Å². The first-order valence-corrected chi connectivity index (χ1v) is 7.18. The highest BCUT2D eigenvalue weighted by Gasteiger charge is 2.58. The lowest BCUT2D eigenvalue weighted by Crippen LogP contribution is -2.66. The Morgan fingerprint density at radius 2 is 2.06 bits per heavy atom. The summed E-state index contributed by atoms with van der Waals surface area (Å²) in [5.74, 6) is 0. The smallest absolute Gasteiger partial charge is 0.0661 e. The number of hydrogen-bond donors (Lipinski definition) is 1. The molecular formula is C14H27NO. The number of ether oxygens (including phenoxy) is 1. The highest BCUT2D eigenvalue weighted by molar-refractivity contribution is 5.11. The summed E-state index contributed by atoms with van der Waals surface area (Å²) in [5.41, 5.74) is 0.544. The summed E-state index contributed by atoms with van der Waals surface area (Å²) in [4.78, 5) is 0. The molecule has 1 spiro atoms. The van der Waals surface area contributed by atoms with Gasteiger partial charge in [-0.05, 0) is 39.2 Å². The molecule has 2 nitrogen and oxygen atoms in total. The number of unbranched alkanes of at least 4 members (excludes halogenated alkanes) is 2. The van der Waals surface area contributed by atoms with Crippen LogP contribution in [0.1, 0.15) is 58.8 Å². The van der Waals surface area contributed by atoms with E-state index in [0.29, 0.717) is 11.5 Å². The molecule has 0 aromatic rings. The summed E-state index contributed by atoms with van der Waals surface area (Å²) in [6, 6.07) is 0.759. The summed E-state index contributed by atoms with van der Waals surface area (Å²) < 4.78 is 5.85. The second-order valence-electron chi connectivity index (χ2n) is 5.48. The molecule has 0 aliphatic heterocycles. The Hall–Kier alpha value is -0.0800. The quantitative estimate of drug-likeness (QED) is 0.672. The van der Waals surface area contributed by atoms with Gasteiger partial charge in [-0.2, -0.15) is 0 Å². The summed E-state index contributed by atoms with van der Waals surface area (Å²) >= 11 is 0. The number of nitrogens with one attached hydrogen (secondary N) is 1. The van der Waals surface area contributed by atoms with Crippen LogP contribution in [0.4, 0.5) is 0 Å². The zero-order valence-corrected chi connectivity index (χ0v) is 10.9. The van der Waals surface area contributed by atoms with Crippen LogP contribution in [0.5, 0.6) is 0 Å². The summed E-state index contributed by atoms with van der Waals surface area (Å²) in [7, 11) is 0. The fraction of sp³-hybridized carbons (Fsp3) is 1.00. The standard InChI is InChI=1S/C14H27NO/c1-3-5-6-10-15-12-11-13(16-4-2)14(12)8-7-9-14/h12-13,15H,3-11H2,1-2H3. The maximum atomic E-state index is 5.85. The Morgan fingerprint density at radius 1 is 1.25 bits per heavy atom. The molecule has 0 amide bonds. The Labute approximate surface area is 100 Å². The van der Waals surface area contributed by atoms with Gasteiger partial charge < -0.3 is 10.1 Å². The fourth-order valence-corrected chi connectivity index (χ4v) is 3.38. The molecule has 2 rings (SSSR count). The summed E-state index contributed by atoms with van der Waals surface area (Å²) in [6.07, 6.45) is 10.0. The van der Waals surface area contributed by atoms with Crippen LogP contribution in [0.15, 0.2) is 0 Å². The van der Waals surface area contributed by atoms with Gasteiger partial charge in [0.15, 0.2) is 0 Å². The third-order valence-electron chi connectivity index (χ3n) is 4.61. The highest BCUT2D eigenvalue weighted by atomic mass is 16.5. The van der Waals surface area contributed by atoms with Gasteiger partial charge in [-0.15, -0.1) is 0 Å². The molecule has 2 saturated carbocycles. The predicted molar refractivity (Wildman–Crippen MR) is 67.6 cm³/mol. The first-order valence-electron chi connectivity index (χ1n) is 7.18. The van der Waals surface area contributed by atoms with E-state index in [0.717, 1.165) is 12.6 Å². The Morgan fingerprint density at radius 3 is 2.62 bits per heavy atom. The van der Waals surface area contributed by atoms with Crippen molar-refractivity contribution >= 4 is 0 Å². The van der Waals surface area contributed by atoms with Crippen LogP contribution in [-0.2, 0) is 4.74 Å². The average Bonchev–Trinajstić information content (AvgIpc) is 2.18. The van der Waals surface area contributed by atoms with E-state index < -0.39 is 0 Å². The van der Waals surface area contributed by atoms with Crippen molar-refractivity contribution in [3.8, 4) is 0 Å². The molecule has 2 atom stereocenters. The SMILES string of the molecule is CCCCCNC1CC(OCC)C12CCC2. The van der Waals surface area contributed by atoms with E-state index in [1.165, 1.54) is 51.5 Å². The molecule has 0 saturated heterocycles. The molecule has 94 valence electrons. The zero-order chi connectivity index (χ0) is 11.4. The van der Waals surface area contributed by atoms with E-state index in [-0.39, 0.29) is 0 Å². The first kappa shape index (κ1) is 12.4. The Balaban J connectivity index is 1.71. The van der Waals surface area contributed by atoms with Crippen molar-refractivity contribution in [1.82, 2.24) is 5.32 Å². The molecule has 0 radical (unpaired) electrons. The van der Waals surface area contributed by atoms with Crippen molar-refractivity contribution in [2.24, 2.45) is 5.41 Å². The molecule has 0 heterocycles. The van der Waals surface area contributed by atoms with Gasteiger partial charge in [0, 0.05) is 18.1 Å². The van der Waals surface area contributed by atoms with Gasteiger partial charge in [-0.25, -0.2) is 0 Å². The molecule has 0 aromatic carbocycles. The lowest BCUT2D eigenvalue weighted by atomic mass is 9.51. The van der Waals surface area contributed by atoms with E-state index in [2.05, 4.69) is 19.2 Å². The topological polar surface area (TPSA) is 21.3 Å². The van der Waals surface area contributed by atoms with Crippen molar-refractivity contribution in [2.75, 3.05) is 13.2 Å². The van der Waals surface area contributed by atoms with Gasteiger partial charge in [0.05, 0.1) is 6.10 Å². The molecule has 0 bridgehead atoms. The van der Waals surface area contributed by atoms with E-state index >= 15 is 0 Å². The van der Waals surface area contributed by atoms with Crippen molar-refractivity contribution in [1.29, 1.82) is 0 Å². The molecule has 2 heteroatoms. The van der Waals surface area contributed by atoms with Crippen LogP contribution in [0.2, 0.25) is 0 Å². The molecule has 16 heavy (non-hydrogen) atoms. The van der Waals surface area contributed by atoms with Crippen LogP contribution in [-0.4, -0.2) is 25.3 Å². The first-order chi connectivity index (χ1) is 7.83. The monoisotopic (exact) mass is 225 g/mol. The second kappa shape index (κ2) is 5.50. The van der Waals surface area contributed by atoms with E-state index in [4.69, 9.17) is 4.74 Å². The Bertz CT molecular complexity index is 213. The largest absolute Gasteiger partial charge is 0.378 e. The number of hydrogen-bond acceptors (Lipinski definition) is 2. The van der Waals surface area contributed by atoms with Crippen LogP contribution >= 0.6 is 0 Å². The minimum absolute atomic E-state index is 0.544. The minimum Gasteiger partial charge on any atom is -0.378 e. The average molecular weight is 225 g/mol. The van der Waals surface area contributed by atoms with Gasteiger partial charge in [-0.3, -0.25) is 0 Å². The third-order valence-corrected chi connectivity index (χ3v) is 4.61. The maximum absolute atomic E-state index is 5.85. The zero-order valence-electron chi connectivity index (χ0n) is 10.9. The molecule has 2 aliphatic rings. The maximum Gasteiger partial charge on any atom is 0.0661 e. The lowest BCUT2D eigenvalue weighted by Gasteiger charge is -2.61. The molecule has 0 aromatic heterocycles. The second-order valence-corrected chi connectivity index (χ2v) is 5.48. The van der Waals surface area contributed by atoms with Gasteiger partial charge in [0.2, 0.25) is 0 Å².